The van der Waals surface area contributed by atoms with Crippen LogP contribution in [0.1, 0.15) is 38.9 Å². The predicted octanol–water partition coefficient (Wildman–Crippen LogP) is 2.82. The lowest BCUT2D eigenvalue weighted by Crippen LogP contribution is -2.46. The van der Waals surface area contributed by atoms with Crippen molar-refractivity contribution in [1.29, 1.82) is 0 Å². The van der Waals surface area contributed by atoms with E-state index in [0.29, 0.717) is 22.4 Å². The number of ether oxygens (including phenoxy) is 1. The van der Waals surface area contributed by atoms with Crippen molar-refractivity contribution in [2.24, 2.45) is 0 Å². The fourth-order valence-corrected chi connectivity index (χ4v) is 3.77. The predicted molar refractivity (Wildman–Crippen MR) is 109 cm³/mol. The van der Waals surface area contributed by atoms with Crippen LogP contribution in [0.2, 0.25) is 0 Å². The fourth-order valence-electron chi connectivity index (χ4n) is 3.77. The molecule has 3 aromatic rings. The van der Waals surface area contributed by atoms with Gasteiger partial charge in [0.05, 0.1) is 6.42 Å². The van der Waals surface area contributed by atoms with Crippen LogP contribution in [0.3, 0.4) is 0 Å². The number of carbonyl (C=O) groups is 4. The highest BCUT2D eigenvalue weighted by atomic mass is 16.5. The molecule has 2 heterocycles. The van der Waals surface area contributed by atoms with E-state index in [1.165, 1.54) is 6.92 Å². The molecule has 1 aliphatic rings. The molecule has 1 aromatic heterocycles. The Morgan fingerprint density at radius 1 is 1.10 bits per heavy atom. The van der Waals surface area contributed by atoms with Crippen LogP contribution in [-0.2, 0) is 20.7 Å². The number of carbonyl (C=O) groups excluding carboxylic acids is 4. The van der Waals surface area contributed by atoms with Crippen molar-refractivity contribution < 1.29 is 23.9 Å². The molecular weight excluding hydrogens is 384 g/mol. The van der Waals surface area contributed by atoms with E-state index in [1.807, 2.05) is 24.3 Å². The summed E-state index contributed by atoms with van der Waals surface area (Å²) in [6.07, 6.45) is -1.02. The monoisotopic (exact) mass is 404 g/mol. The van der Waals surface area contributed by atoms with E-state index in [2.05, 4.69) is 4.98 Å². The highest BCUT2D eigenvalue weighted by Crippen LogP contribution is 2.24. The smallest absolute Gasteiger partial charge is 0.326 e. The van der Waals surface area contributed by atoms with Gasteiger partial charge >= 0.3 is 5.97 Å². The van der Waals surface area contributed by atoms with E-state index < -0.39 is 30.4 Å². The summed E-state index contributed by atoms with van der Waals surface area (Å²) in [5, 5.41) is 0.751. The second kappa shape index (κ2) is 7.59. The van der Waals surface area contributed by atoms with E-state index in [4.69, 9.17) is 4.74 Å². The molecule has 7 heteroatoms. The number of hydrogen-bond acceptors (Lipinski definition) is 5. The first-order chi connectivity index (χ1) is 14.4. The minimum Gasteiger partial charge on any atom is -0.453 e. The Morgan fingerprint density at radius 2 is 1.80 bits per heavy atom. The zero-order valence-corrected chi connectivity index (χ0v) is 16.6. The van der Waals surface area contributed by atoms with Gasteiger partial charge in [0, 0.05) is 27.7 Å². The first kappa shape index (κ1) is 19.6. The van der Waals surface area contributed by atoms with E-state index in [9.17, 15) is 19.2 Å². The van der Waals surface area contributed by atoms with Crippen molar-refractivity contribution in [2.45, 2.75) is 26.4 Å². The van der Waals surface area contributed by atoms with Crippen LogP contribution in [-0.4, -0.2) is 46.1 Å². The minimum absolute atomic E-state index is 0.0399. The quantitative estimate of drug-likeness (QED) is 0.401. The lowest BCUT2D eigenvalue weighted by Gasteiger charge is -2.26. The number of amides is 2. The highest BCUT2D eigenvalue weighted by molar-refractivity contribution is 6.12. The third kappa shape index (κ3) is 3.39. The molecular formula is C23H20N2O5. The summed E-state index contributed by atoms with van der Waals surface area (Å²) in [5.74, 6) is -2.17. The Labute approximate surface area is 172 Å². The maximum Gasteiger partial charge on any atom is 0.326 e. The SMILES string of the molecule is Cc1[nH]c2ccccc2c1C(=O)[C@@H](C)OC(=O)CN1C(=O)Cc2ccccc2C1=O. The number of para-hydroxylation sites is 1. The van der Waals surface area contributed by atoms with Crippen LogP contribution in [0, 0.1) is 6.92 Å². The molecule has 2 aromatic carbocycles. The van der Waals surface area contributed by atoms with Crippen molar-refractivity contribution in [3.8, 4) is 0 Å². The zero-order chi connectivity index (χ0) is 21.4. The molecule has 4 rings (SSSR count). The number of benzene rings is 2. The number of nitrogens with zero attached hydrogens (tertiary/aromatic N) is 1. The molecule has 152 valence electrons. The van der Waals surface area contributed by atoms with Gasteiger partial charge in [-0.1, -0.05) is 36.4 Å². The number of Topliss-reactive ketones (excluding diaryl/α,β-unsaturated/α-hetero) is 1. The molecule has 1 N–H and O–H groups in total. The second-order valence-corrected chi connectivity index (χ2v) is 7.29. The number of aromatic amines is 1. The van der Waals surface area contributed by atoms with Gasteiger partial charge in [-0.2, -0.15) is 0 Å². The van der Waals surface area contributed by atoms with Gasteiger partial charge in [0.25, 0.3) is 5.91 Å². The van der Waals surface area contributed by atoms with Crippen molar-refractivity contribution in [2.75, 3.05) is 6.54 Å². The molecule has 2 amide bonds. The average Bonchev–Trinajstić information content (AvgIpc) is 3.06. The van der Waals surface area contributed by atoms with Gasteiger partial charge in [-0.05, 0) is 31.5 Å². The zero-order valence-electron chi connectivity index (χ0n) is 16.6. The number of ketones is 1. The molecule has 0 bridgehead atoms. The molecule has 7 nitrogen and oxygen atoms in total. The molecule has 0 spiro atoms. The van der Waals surface area contributed by atoms with Crippen LogP contribution in [0.15, 0.2) is 48.5 Å². The average molecular weight is 404 g/mol. The minimum atomic E-state index is -1.06. The number of nitrogens with one attached hydrogen (secondary N) is 1. The summed E-state index contributed by atoms with van der Waals surface area (Å²) in [5.41, 5.74) is 2.99. The number of aryl methyl sites for hydroxylation is 1. The van der Waals surface area contributed by atoms with Gasteiger partial charge in [0.2, 0.25) is 11.7 Å². The van der Waals surface area contributed by atoms with E-state index in [1.54, 1.807) is 31.2 Å². The first-order valence-corrected chi connectivity index (χ1v) is 9.60. The molecule has 30 heavy (non-hydrogen) atoms. The van der Waals surface area contributed by atoms with Crippen molar-refractivity contribution in [3.63, 3.8) is 0 Å². The number of rotatable bonds is 5. The normalized spacial score (nSPS) is 14.5. The fraction of sp³-hybridized carbons (Fsp3) is 0.217. The van der Waals surface area contributed by atoms with E-state index in [0.717, 1.165) is 15.8 Å². The number of imide groups is 1. The maximum absolute atomic E-state index is 12.9. The van der Waals surface area contributed by atoms with Crippen LogP contribution in [0.5, 0.6) is 0 Å². The second-order valence-electron chi connectivity index (χ2n) is 7.29. The van der Waals surface area contributed by atoms with E-state index in [-0.39, 0.29) is 12.2 Å². The number of hydrogen-bond donors (Lipinski definition) is 1. The van der Waals surface area contributed by atoms with Gasteiger partial charge < -0.3 is 9.72 Å². The van der Waals surface area contributed by atoms with Crippen LogP contribution < -0.4 is 0 Å². The van der Waals surface area contributed by atoms with Gasteiger partial charge in [-0.3, -0.25) is 24.1 Å². The first-order valence-electron chi connectivity index (χ1n) is 9.60. The third-order valence-electron chi connectivity index (χ3n) is 5.24. The van der Waals surface area contributed by atoms with Gasteiger partial charge in [-0.25, -0.2) is 0 Å². The summed E-state index contributed by atoms with van der Waals surface area (Å²) in [6, 6.07) is 14.2. The molecule has 0 saturated carbocycles. The van der Waals surface area contributed by atoms with Crippen LogP contribution in [0.25, 0.3) is 10.9 Å². The maximum atomic E-state index is 12.9. The Balaban J connectivity index is 1.47. The molecule has 1 aliphatic heterocycles. The summed E-state index contributed by atoms with van der Waals surface area (Å²) in [4.78, 5) is 54.3. The number of H-pyrrole nitrogens is 1. The molecule has 0 aliphatic carbocycles. The van der Waals surface area contributed by atoms with Crippen molar-refractivity contribution in [1.82, 2.24) is 9.88 Å². The molecule has 1 atom stereocenters. The summed E-state index contributed by atoms with van der Waals surface area (Å²) in [6.45, 7) is 2.73. The number of fused-ring (bicyclic) bond motifs is 2. The lowest BCUT2D eigenvalue weighted by molar-refractivity contribution is -0.150. The van der Waals surface area contributed by atoms with Crippen LogP contribution >= 0.6 is 0 Å². The molecule has 0 unspecified atom stereocenters. The standard InChI is InChI=1S/C23H20N2O5/c1-13-21(17-9-5-6-10-18(17)24-13)22(28)14(2)30-20(27)12-25-19(26)11-15-7-3-4-8-16(15)23(25)29/h3-10,14,24H,11-12H2,1-2H3/t14-/m1/s1. The lowest BCUT2D eigenvalue weighted by atomic mass is 9.98. The van der Waals surface area contributed by atoms with E-state index >= 15 is 0 Å². The third-order valence-corrected chi connectivity index (χ3v) is 5.24. The Kier molecular flexibility index (Phi) is 4.95. The van der Waals surface area contributed by atoms with Crippen molar-refractivity contribution in [3.05, 3.63) is 70.9 Å². The van der Waals surface area contributed by atoms with Gasteiger partial charge in [-0.15, -0.1) is 0 Å². The molecule has 0 radical (unpaired) electrons. The highest BCUT2D eigenvalue weighted by Gasteiger charge is 2.33. The van der Waals surface area contributed by atoms with Crippen molar-refractivity contribution >= 4 is 34.5 Å². The van der Waals surface area contributed by atoms with Gasteiger partial charge in [0.1, 0.15) is 6.54 Å². The summed E-state index contributed by atoms with van der Waals surface area (Å²) >= 11 is 0. The Bertz CT molecular complexity index is 1190. The van der Waals surface area contributed by atoms with Crippen LogP contribution in [0.4, 0.5) is 0 Å². The Hall–Kier alpha value is -3.74. The van der Waals surface area contributed by atoms with Gasteiger partial charge in [0.15, 0.2) is 6.10 Å². The summed E-state index contributed by atoms with van der Waals surface area (Å²) < 4.78 is 5.28. The number of aromatic nitrogens is 1. The topological polar surface area (TPSA) is 96.5 Å². The molecule has 0 fully saturated rings. The largest absolute Gasteiger partial charge is 0.453 e. The molecule has 0 saturated heterocycles. The Morgan fingerprint density at radius 3 is 2.60 bits per heavy atom. The number of esters is 1. The summed E-state index contributed by atoms with van der Waals surface area (Å²) in [7, 11) is 0.